The van der Waals surface area contributed by atoms with Gasteiger partial charge in [0.15, 0.2) is 0 Å². The second-order valence-corrected chi connectivity index (χ2v) is 8.35. The van der Waals surface area contributed by atoms with E-state index < -0.39 is 10.0 Å². The summed E-state index contributed by atoms with van der Waals surface area (Å²) < 4.78 is 26.6. The normalized spacial score (nSPS) is 17.5. The summed E-state index contributed by atoms with van der Waals surface area (Å²) in [5.41, 5.74) is 0.800. The molecule has 6 nitrogen and oxygen atoms in total. The monoisotopic (exact) mass is 389 g/mol. The standard InChI is InChI=1S/C17H27N3O3S.ClH/c1-14(12-18-2)17(21)19-16-8-10-20(11-9-16)24(22,23)13-15-6-4-3-5-7-15;/h3-7,14,16,18H,8-13H2,1-2H3,(H,19,21);1H. The Balaban J connectivity index is 0.00000312. The van der Waals surface area contributed by atoms with Crippen LogP contribution in [0.3, 0.4) is 0 Å². The van der Waals surface area contributed by atoms with Crippen LogP contribution in [-0.4, -0.2) is 51.4 Å². The van der Waals surface area contributed by atoms with Crippen molar-refractivity contribution in [3.8, 4) is 0 Å². The average Bonchev–Trinajstić information content (AvgIpc) is 2.56. The maximum absolute atomic E-state index is 12.5. The highest BCUT2D eigenvalue weighted by molar-refractivity contribution is 7.88. The van der Waals surface area contributed by atoms with Crippen LogP contribution in [0.2, 0.25) is 0 Å². The van der Waals surface area contributed by atoms with Gasteiger partial charge in [-0.25, -0.2) is 12.7 Å². The van der Waals surface area contributed by atoms with E-state index in [-0.39, 0.29) is 36.0 Å². The summed E-state index contributed by atoms with van der Waals surface area (Å²) in [5, 5.41) is 6.01. The number of benzene rings is 1. The van der Waals surface area contributed by atoms with E-state index in [0.717, 1.165) is 5.56 Å². The number of sulfonamides is 1. The summed E-state index contributed by atoms with van der Waals surface area (Å²) in [6, 6.07) is 9.28. The Labute approximate surface area is 156 Å². The zero-order chi connectivity index (χ0) is 17.6. The quantitative estimate of drug-likeness (QED) is 0.738. The molecule has 0 aliphatic carbocycles. The molecule has 0 aromatic heterocycles. The maximum Gasteiger partial charge on any atom is 0.224 e. The maximum atomic E-state index is 12.5. The number of carbonyl (C=O) groups is 1. The highest BCUT2D eigenvalue weighted by atomic mass is 35.5. The number of halogens is 1. The first-order valence-electron chi connectivity index (χ1n) is 8.39. The van der Waals surface area contributed by atoms with Crippen molar-refractivity contribution in [3.63, 3.8) is 0 Å². The molecule has 1 fully saturated rings. The Hall–Kier alpha value is -1.15. The number of nitrogens with one attached hydrogen (secondary N) is 2. The lowest BCUT2D eigenvalue weighted by atomic mass is 10.0. The molecule has 1 aromatic rings. The Morgan fingerprint density at radius 1 is 1.24 bits per heavy atom. The number of nitrogens with zero attached hydrogens (tertiary/aromatic N) is 1. The van der Waals surface area contributed by atoms with Crippen LogP contribution in [0.4, 0.5) is 0 Å². The largest absolute Gasteiger partial charge is 0.353 e. The van der Waals surface area contributed by atoms with Gasteiger partial charge in [0.2, 0.25) is 15.9 Å². The van der Waals surface area contributed by atoms with Crippen LogP contribution in [0.25, 0.3) is 0 Å². The molecule has 142 valence electrons. The third-order valence-electron chi connectivity index (χ3n) is 4.34. The van der Waals surface area contributed by atoms with Gasteiger partial charge in [0, 0.05) is 31.6 Å². The van der Waals surface area contributed by atoms with Gasteiger partial charge < -0.3 is 10.6 Å². The first kappa shape index (κ1) is 21.9. The van der Waals surface area contributed by atoms with Crippen molar-refractivity contribution in [2.75, 3.05) is 26.7 Å². The minimum atomic E-state index is -3.30. The molecule has 1 atom stereocenters. The predicted octanol–water partition coefficient (Wildman–Crippen LogP) is 1.37. The Kier molecular flexibility index (Phi) is 8.85. The van der Waals surface area contributed by atoms with Crippen LogP contribution in [-0.2, 0) is 20.6 Å². The molecule has 0 spiro atoms. The molecule has 1 aromatic carbocycles. The van der Waals surface area contributed by atoms with Gasteiger partial charge in [-0.2, -0.15) is 0 Å². The van der Waals surface area contributed by atoms with E-state index in [1.54, 1.807) is 4.31 Å². The summed E-state index contributed by atoms with van der Waals surface area (Å²) in [4.78, 5) is 12.0. The second-order valence-electron chi connectivity index (χ2n) is 6.38. The van der Waals surface area contributed by atoms with Crippen molar-refractivity contribution in [1.82, 2.24) is 14.9 Å². The highest BCUT2D eigenvalue weighted by Crippen LogP contribution is 2.18. The summed E-state index contributed by atoms with van der Waals surface area (Å²) in [6.07, 6.45) is 1.32. The number of rotatable bonds is 7. The van der Waals surface area contributed by atoms with E-state index in [1.165, 1.54) is 0 Å². The highest BCUT2D eigenvalue weighted by Gasteiger charge is 2.29. The van der Waals surface area contributed by atoms with E-state index >= 15 is 0 Å². The van der Waals surface area contributed by atoms with Crippen molar-refractivity contribution in [1.29, 1.82) is 0 Å². The van der Waals surface area contributed by atoms with Gasteiger partial charge in [-0.15, -0.1) is 12.4 Å². The lowest BCUT2D eigenvalue weighted by Gasteiger charge is -2.32. The van der Waals surface area contributed by atoms with E-state index in [2.05, 4.69) is 10.6 Å². The fourth-order valence-corrected chi connectivity index (χ4v) is 4.46. The first-order valence-corrected chi connectivity index (χ1v) is 10.00. The van der Waals surface area contributed by atoms with Crippen LogP contribution >= 0.6 is 12.4 Å². The van der Waals surface area contributed by atoms with Crippen LogP contribution in [0, 0.1) is 5.92 Å². The Morgan fingerprint density at radius 2 is 1.84 bits per heavy atom. The SMILES string of the molecule is CNCC(C)C(=O)NC1CCN(S(=O)(=O)Cc2ccccc2)CC1.Cl. The second kappa shape index (κ2) is 10.1. The molecule has 1 aliphatic heterocycles. The van der Waals surface area contributed by atoms with Crippen molar-refractivity contribution >= 4 is 28.3 Å². The predicted molar refractivity (Wildman–Crippen MR) is 102 cm³/mol. The molecule has 1 heterocycles. The molecule has 2 rings (SSSR count). The average molecular weight is 390 g/mol. The van der Waals surface area contributed by atoms with Crippen molar-refractivity contribution in [2.24, 2.45) is 5.92 Å². The van der Waals surface area contributed by atoms with Gasteiger partial charge in [0.1, 0.15) is 0 Å². The van der Waals surface area contributed by atoms with E-state index in [1.807, 2.05) is 44.3 Å². The zero-order valence-corrected chi connectivity index (χ0v) is 16.4. The van der Waals surface area contributed by atoms with E-state index in [4.69, 9.17) is 0 Å². The van der Waals surface area contributed by atoms with Crippen molar-refractivity contribution in [3.05, 3.63) is 35.9 Å². The molecule has 25 heavy (non-hydrogen) atoms. The number of amides is 1. The van der Waals surface area contributed by atoms with Gasteiger partial charge in [0.25, 0.3) is 0 Å². The van der Waals surface area contributed by atoms with Crippen LogP contribution < -0.4 is 10.6 Å². The molecule has 2 N–H and O–H groups in total. The smallest absolute Gasteiger partial charge is 0.224 e. The summed E-state index contributed by atoms with van der Waals surface area (Å²) in [6.45, 7) is 3.43. The zero-order valence-electron chi connectivity index (χ0n) is 14.8. The molecule has 0 bridgehead atoms. The van der Waals surface area contributed by atoms with Gasteiger partial charge in [-0.1, -0.05) is 37.3 Å². The number of hydrogen-bond acceptors (Lipinski definition) is 4. The number of piperidine rings is 1. The van der Waals surface area contributed by atoms with Crippen LogP contribution in [0.1, 0.15) is 25.3 Å². The molecular weight excluding hydrogens is 362 g/mol. The van der Waals surface area contributed by atoms with Gasteiger partial charge >= 0.3 is 0 Å². The van der Waals surface area contributed by atoms with Crippen molar-refractivity contribution in [2.45, 2.75) is 31.6 Å². The van der Waals surface area contributed by atoms with Crippen molar-refractivity contribution < 1.29 is 13.2 Å². The Bertz CT molecular complexity index is 632. The molecular formula is C17H28ClN3O3S. The van der Waals surface area contributed by atoms with Gasteiger partial charge in [0.05, 0.1) is 5.75 Å². The molecule has 8 heteroatoms. The third kappa shape index (κ3) is 6.58. The lowest BCUT2D eigenvalue weighted by Crippen LogP contribution is -2.48. The van der Waals surface area contributed by atoms with Gasteiger partial charge in [-0.05, 0) is 25.5 Å². The third-order valence-corrected chi connectivity index (χ3v) is 6.19. The van der Waals surface area contributed by atoms with Crippen LogP contribution in [0.5, 0.6) is 0 Å². The molecule has 1 aliphatic rings. The molecule has 1 amide bonds. The Morgan fingerprint density at radius 3 is 2.40 bits per heavy atom. The minimum absolute atomic E-state index is 0. The topological polar surface area (TPSA) is 78.5 Å². The fraction of sp³-hybridized carbons (Fsp3) is 0.588. The molecule has 0 saturated carbocycles. The number of carbonyl (C=O) groups excluding carboxylic acids is 1. The first-order chi connectivity index (χ1) is 11.4. The summed E-state index contributed by atoms with van der Waals surface area (Å²) in [5.74, 6) is -0.0332. The van der Waals surface area contributed by atoms with E-state index in [0.29, 0.717) is 32.5 Å². The van der Waals surface area contributed by atoms with Gasteiger partial charge in [-0.3, -0.25) is 4.79 Å². The lowest BCUT2D eigenvalue weighted by molar-refractivity contribution is -0.125. The van der Waals surface area contributed by atoms with E-state index in [9.17, 15) is 13.2 Å². The fourth-order valence-electron chi connectivity index (χ4n) is 2.90. The van der Waals surface area contributed by atoms with Crippen LogP contribution in [0.15, 0.2) is 30.3 Å². The summed E-state index contributed by atoms with van der Waals surface area (Å²) >= 11 is 0. The summed E-state index contributed by atoms with van der Waals surface area (Å²) in [7, 11) is -1.48. The minimum Gasteiger partial charge on any atom is -0.353 e. The molecule has 1 unspecified atom stereocenters. The molecule has 1 saturated heterocycles. The number of hydrogen-bond donors (Lipinski definition) is 2. The molecule has 0 radical (unpaired) electrons.